The number of aryl methyl sites for hydroxylation is 1. The molecule has 11 heteroatoms. The van der Waals surface area contributed by atoms with Crippen molar-refractivity contribution in [2.24, 2.45) is 19.8 Å². The van der Waals surface area contributed by atoms with Crippen molar-refractivity contribution < 1.29 is 14.7 Å². The van der Waals surface area contributed by atoms with Gasteiger partial charge in [-0.05, 0) is 24.3 Å². The zero-order valence-electron chi connectivity index (χ0n) is 14.5. The lowest BCUT2D eigenvalue weighted by atomic mass is 10.2. The quantitative estimate of drug-likeness (QED) is 0.538. The van der Waals surface area contributed by atoms with E-state index in [4.69, 9.17) is 5.73 Å². The number of aliphatic carboxylic acids is 1. The summed E-state index contributed by atoms with van der Waals surface area (Å²) in [5.74, 6) is -1.70. The van der Waals surface area contributed by atoms with E-state index in [0.717, 1.165) is 9.13 Å². The smallest absolute Gasteiger partial charge is 0.332 e. The Balaban J connectivity index is 2.19. The van der Waals surface area contributed by atoms with Crippen molar-refractivity contribution in [3.8, 4) is 0 Å². The maximum atomic E-state index is 12.5. The summed E-state index contributed by atoms with van der Waals surface area (Å²) < 4.78 is 3.23. The third-order valence-electron chi connectivity index (χ3n) is 4.07. The van der Waals surface area contributed by atoms with Crippen molar-refractivity contribution in [3.05, 3.63) is 50.7 Å². The van der Waals surface area contributed by atoms with E-state index in [9.17, 15) is 24.3 Å². The highest BCUT2D eigenvalue weighted by molar-refractivity contribution is 5.93. The fourth-order valence-corrected chi connectivity index (χ4v) is 2.68. The molecule has 3 aromatic rings. The molecule has 0 saturated carbocycles. The highest BCUT2D eigenvalue weighted by atomic mass is 16.4. The number of anilines is 2. The fourth-order valence-electron chi connectivity index (χ4n) is 2.68. The van der Waals surface area contributed by atoms with E-state index in [-0.39, 0.29) is 17.1 Å². The van der Waals surface area contributed by atoms with Crippen molar-refractivity contribution in [1.29, 1.82) is 0 Å². The third-order valence-corrected chi connectivity index (χ3v) is 4.07. The van der Waals surface area contributed by atoms with Gasteiger partial charge >= 0.3 is 11.7 Å². The number of carboxylic acids is 1. The summed E-state index contributed by atoms with van der Waals surface area (Å²) in [6.07, 6.45) is 0. The van der Waals surface area contributed by atoms with Gasteiger partial charge in [0, 0.05) is 25.3 Å². The summed E-state index contributed by atoms with van der Waals surface area (Å²) >= 11 is 0. The van der Waals surface area contributed by atoms with Gasteiger partial charge in [0.15, 0.2) is 11.2 Å². The van der Waals surface area contributed by atoms with Gasteiger partial charge in [-0.15, -0.1) is 0 Å². The summed E-state index contributed by atoms with van der Waals surface area (Å²) in [6, 6.07) is 6.09. The normalized spacial score (nSPS) is 10.9. The molecule has 0 fully saturated rings. The fraction of sp³-hybridized carbons (Fsp3) is 0.188. The van der Waals surface area contributed by atoms with Crippen LogP contribution in [-0.2, 0) is 25.4 Å². The Morgan fingerprint density at radius 2 is 1.78 bits per heavy atom. The minimum absolute atomic E-state index is 0.0155. The van der Waals surface area contributed by atoms with E-state index in [1.54, 1.807) is 12.1 Å². The first kappa shape index (κ1) is 17.9. The Kier molecular flexibility index (Phi) is 4.27. The van der Waals surface area contributed by atoms with E-state index < -0.39 is 29.7 Å². The Hall–Kier alpha value is -3.89. The number of nitrogens with one attached hydrogen (secondary N) is 1. The molecular weight excluding hydrogens is 356 g/mol. The number of carbonyl (C=O) groups excluding carboxylic acids is 1. The van der Waals surface area contributed by atoms with Crippen LogP contribution in [0.5, 0.6) is 0 Å². The number of carboxylic acid groups (broad SMARTS) is 1. The number of nitrogens with zero attached hydrogens (tertiary/aromatic N) is 4. The molecule has 0 atom stereocenters. The average Bonchev–Trinajstić information content (AvgIpc) is 2.96. The number of imidazole rings is 1. The number of primary amides is 1. The molecule has 0 saturated heterocycles. The second kappa shape index (κ2) is 6.44. The molecular formula is C16H16N6O5. The highest BCUT2D eigenvalue weighted by Crippen LogP contribution is 2.20. The molecule has 27 heavy (non-hydrogen) atoms. The second-order valence-corrected chi connectivity index (χ2v) is 5.86. The predicted molar refractivity (Wildman–Crippen MR) is 96.1 cm³/mol. The largest absolute Gasteiger partial charge is 0.480 e. The molecule has 0 aliphatic rings. The molecule has 3 rings (SSSR count). The van der Waals surface area contributed by atoms with E-state index >= 15 is 0 Å². The number of hydrogen-bond acceptors (Lipinski definition) is 6. The summed E-state index contributed by atoms with van der Waals surface area (Å²) in [5.41, 5.74) is 4.80. The van der Waals surface area contributed by atoms with E-state index in [1.165, 1.54) is 30.8 Å². The molecule has 0 unspecified atom stereocenters. The predicted octanol–water partition coefficient (Wildman–Crippen LogP) is -0.639. The molecule has 4 N–H and O–H groups in total. The Morgan fingerprint density at radius 3 is 2.33 bits per heavy atom. The maximum absolute atomic E-state index is 12.5. The standard InChI is InChI=1S/C16H16N6O5/c1-20-13-11(14(26)21(2)16(20)27)22(7-10(23)24)15(19-13)18-9-5-3-8(4-6-9)12(17)25/h3-6H,7H2,1-2H3,(H2,17,25)(H,18,19)(H,23,24). The second-order valence-electron chi connectivity index (χ2n) is 5.86. The lowest BCUT2D eigenvalue weighted by molar-refractivity contribution is -0.137. The molecule has 1 aromatic carbocycles. The van der Waals surface area contributed by atoms with E-state index in [2.05, 4.69) is 10.3 Å². The van der Waals surface area contributed by atoms with Gasteiger partial charge in [0.1, 0.15) is 6.54 Å². The van der Waals surface area contributed by atoms with Gasteiger partial charge in [-0.3, -0.25) is 28.1 Å². The van der Waals surface area contributed by atoms with Gasteiger partial charge in [-0.1, -0.05) is 0 Å². The van der Waals surface area contributed by atoms with Gasteiger partial charge in [0.25, 0.3) is 5.56 Å². The number of aromatic nitrogens is 4. The molecule has 1 amide bonds. The molecule has 0 spiro atoms. The first-order valence-electron chi connectivity index (χ1n) is 7.75. The lowest BCUT2D eigenvalue weighted by Gasteiger charge is -2.09. The Morgan fingerprint density at radius 1 is 1.15 bits per heavy atom. The van der Waals surface area contributed by atoms with Crippen molar-refractivity contribution in [2.75, 3.05) is 5.32 Å². The highest BCUT2D eigenvalue weighted by Gasteiger charge is 2.20. The maximum Gasteiger partial charge on any atom is 0.332 e. The first-order valence-corrected chi connectivity index (χ1v) is 7.75. The molecule has 11 nitrogen and oxygen atoms in total. The Bertz CT molecular complexity index is 1190. The average molecular weight is 372 g/mol. The molecule has 0 bridgehead atoms. The van der Waals surface area contributed by atoms with Crippen molar-refractivity contribution >= 4 is 34.7 Å². The summed E-state index contributed by atoms with van der Waals surface area (Å²) in [7, 11) is 2.74. The SMILES string of the molecule is Cn1c(=O)c2c(nc(Nc3ccc(C(N)=O)cc3)n2CC(=O)O)n(C)c1=O. The molecule has 0 aliphatic carbocycles. The summed E-state index contributed by atoms with van der Waals surface area (Å²) in [5, 5.41) is 12.1. The monoisotopic (exact) mass is 372 g/mol. The van der Waals surface area contributed by atoms with Gasteiger partial charge in [-0.2, -0.15) is 4.98 Å². The number of fused-ring (bicyclic) bond motifs is 1. The number of rotatable bonds is 5. The van der Waals surface area contributed by atoms with Crippen molar-refractivity contribution in [1.82, 2.24) is 18.7 Å². The van der Waals surface area contributed by atoms with Gasteiger partial charge in [0.05, 0.1) is 0 Å². The van der Waals surface area contributed by atoms with Crippen LogP contribution >= 0.6 is 0 Å². The summed E-state index contributed by atoms with van der Waals surface area (Å²) in [4.78, 5) is 51.3. The van der Waals surface area contributed by atoms with Crippen LogP contribution in [0.2, 0.25) is 0 Å². The van der Waals surface area contributed by atoms with Crippen molar-refractivity contribution in [2.45, 2.75) is 6.54 Å². The molecule has 2 aromatic heterocycles. The lowest BCUT2D eigenvalue weighted by Crippen LogP contribution is -2.37. The topological polar surface area (TPSA) is 154 Å². The van der Waals surface area contributed by atoms with E-state index in [1.807, 2.05) is 0 Å². The van der Waals surface area contributed by atoms with Crippen molar-refractivity contribution in [3.63, 3.8) is 0 Å². The molecule has 140 valence electrons. The number of nitrogens with two attached hydrogens (primary N) is 1. The number of hydrogen-bond donors (Lipinski definition) is 3. The number of carbonyl (C=O) groups is 2. The van der Waals surface area contributed by atoms with Crippen LogP contribution in [0.15, 0.2) is 33.9 Å². The van der Waals surface area contributed by atoms with Crippen LogP contribution in [-0.4, -0.2) is 35.7 Å². The minimum atomic E-state index is -1.18. The molecule has 0 aliphatic heterocycles. The molecule has 0 radical (unpaired) electrons. The zero-order chi connectivity index (χ0) is 19.9. The van der Waals surface area contributed by atoms with Gasteiger partial charge in [0.2, 0.25) is 11.9 Å². The number of benzene rings is 1. The van der Waals surface area contributed by atoms with Crippen LogP contribution in [0.1, 0.15) is 10.4 Å². The van der Waals surface area contributed by atoms with Crippen LogP contribution in [0.4, 0.5) is 11.6 Å². The minimum Gasteiger partial charge on any atom is -0.480 e. The zero-order valence-corrected chi connectivity index (χ0v) is 14.5. The van der Waals surface area contributed by atoms with Crippen LogP contribution in [0.3, 0.4) is 0 Å². The first-order chi connectivity index (χ1) is 12.7. The molecule has 2 heterocycles. The third kappa shape index (κ3) is 3.05. The summed E-state index contributed by atoms with van der Waals surface area (Å²) in [6.45, 7) is -0.536. The number of amides is 1. The Labute approximate surface area is 151 Å². The van der Waals surface area contributed by atoms with Crippen LogP contribution in [0.25, 0.3) is 11.2 Å². The van der Waals surface area contributed by atoms with Crippen LogP contribution < -0.4 is 22.3 Å². The van der Waals surface area contributed by atoms with Crippen LogP contribution in [0, 0.1) is 0 Å². The van der Waals surface area contributed by atoms with Gasteiger partial charge in [-0.25, -0.2) is 4.79 Å². The van der Waals surface area contributed by atoms with E-state index in [0.29, 0.717) is 11.3 Å². The van der Waals surface area contributed by atoms with Gasteiger partial charge < -0.3 is 16.2 Å².